The van der Waals surface area contributed by atoms with Gasteiger partial charge in [0.25, 0.3) is 0 Å². The lowest BCUT2D eigenvalue weighted by molar-refractivity contribution is -0.517. The van der Waals surface area contributed by atoms with Crippen molar-refractivity contribution in [3.8, 4) is 0 Å². The van der Waals surface area contributed by atoms with Crippen LogP contribution in [0.1, 0.15) is 97.3 Å². The Morgan fingerprint density at radius 3 is 1.83 bits per heavy atom. The zero-order chi connectivity index (χ0) is 21.4. The van der Waals surface area contributed by atoms with Crippen LogP contribution in [0.15, 0.2) is 12.2 Å². The normalized spacial score (nSPS) is 21.0. The summed E-state index contributed by atoms with van der Waals surface area (Å²) in [5.74, 6) is -2.07. The van der Waals surface area contributed by atoms with Crippen LogP contribution < -0.4 is 0 Å². The first-order valence-corrected chi connectivity index (χ1v) is 11.1. The van der Waals surface area contributed by atoms with Gasteiger partial charge in [0.05, 0.1) is 13.2 Å². The van der Waals surface area contributed by atoms with Crippen LogP contribution in [-0.2, 0) is 29.2 Å². The van der Waals surface area contributed by atoms with Crippen molar-refractivity contribution in [1.82, 2.24) is 0 Å². The van der Waals surface area contributed by atoms with Gasteiger partial charge in [-0.2, -0.15) is 9.78 Å². The van der Waals surface area contributed by atoms with E-state index >= 15 is 0 Å². The molecule has 1 aliphatic rings. The Morgan fingerprint density at radius 2 is 1.38 bits per heavy atom. The van der Waals surface area contributed by atoms with Gasteiger partial charge in [-0.05, 0) is 33.1 Å². The van der Waals surface area contributed by atoms with Gasteiger partial charge in [0.15, 0.2) is 0 Å². The molecule has 7 heteroatoms. The molecule has 1 saturated carbocycles. The van der Waals surface area contributed by atoms with Crippen molar-refractivity contribution in [3.05, 3.63) is 12.2 Å². The molecule has 7 nitrogen and oxygen atoms in total. The first-order chi connectivity index (χ1) is 14.0. The quantitative estimate of drug-likeness (QED) is 0.135. The van der Waals surface area contributed by atoms with E-state index in [0.29, 0.717) is 25.9 Å². The van der Waals surface area contributed by atoms with E-state index in [-0.39, 0.29) is 6.61 Å². The van der Waals surface area contributed by atoms with E-state index in [1.165, 1.54) is 39.2 Å². The van der Waals surface area contributed by atoms with Gasteiger partial charge >= 0.3 is 0 Å². The van der Waals surface area contributed by atoms with Gasteiger partial charge in [-0.3, -0.25) is 0 Å². The van der Waals surface area contributed by atoms with E-state index in [0.717, 1.165) is 37.7 Å². The van der Waals surface area contributed by atoms with Gasteiger partial charge in [0.1, 0.15) is 0 Å². The molecule has 0 heterocycles. The Labute approximate surface area is 176 Å². The summed E-state index contributed by atoms with van der Waals surface area (Å²) in [6.07, 6.45) is 13.1. The Hall–Kier alpha value is -0.540. The second-order valence-corrected chi connectivity index (χ2v) is 8.29. The molecule has 172 valence electrons. The molecule has 29 heavy (non-hydrogen) atoms. The van der Waals surface area contributed by atoms with E-state index in [4.69, 9.17) is 29.5 Å². The first-order valence-electron chi connectivity index (χ1n) is 11.1. The molecule has 0 aromatic carbocycles. The van der Waals surface area contributed by atoms with Gasteiger partial charge in [0.2, 0.25) is 11.6 Å². The minimum atomic E-state index is -1.14. The zero-order valence-corrected chi connectivity index (χ0v) is 18.7. The standard InChI is InChI=1S/C22H42O7/c1-20(2)14-18-25-28-22(29-26-19-17-21(3,24-4)27-23)15-12-10-8-6-5-7-9-11-13-16-22/h23H,1,5-19H2,2-4H3. The molecule has 1 aliphatic carbocycles. The molecule has 0 saturated heterocycles. The number of ether oxygens (including phenoxy) is 1. The molecule has 1 unspecified atom stereocenters. The van der Waals surface area contributed by atoms with Crippen molar-refractivity contribution in [1.29, 1.82) is 0 Å². The van der Waals surface area contributed by atoms with Crippen LogP contribution in [-0.4, -0.2) is 37.2 Å². The van der Waals surface area contributed by atoms with E-state index in [1.54, 1.807) is 6.92 Å². The average Bonchev–Trinajstić information content (AvgIpc) is 2.70. The number of hydrogen-bond acceptors (Lipinski definition) is 7. The molecule has 0 amide bonds. The minimum absolute atomic E-state index is 0.182. The van der Waals surface area contributed by atoms with E-state index < -0.39 is 11.6 Å². The second-order valence-electron chi connectivity index (χ2n) is 8.29. The fourth-order valence-corrected chi connectivity index (χ4v) is 3.26. The van der Waals surface area contributed by atoms with Crippen molar-refractivity contribution < 1.29 is 34.4 Å². The van der Waals surface area contributed by atoms with Crippen molar-refractivity contribution >= 4 is 0 Å². The Bertz CT molecular complexity index is 411. The van der Waals surface area contributed by atoms with Gasteiger partial charge in [-0.15, -0.1) is 6.58 Å². The maximum absolute atomic E-state index is 8.97. The highest BCUT2D eigenvalue weighted by Gasteiger charge is 2.35. The smallest absolute Gasteiger partial charge is 0.233 e. The fraction of sp³-hybridized carbons (Fsp3) is 0.909. The summed E-state index contributed by atoms with van der Waals surface area (Å²) in [6, 6.07) is 0. The second kappa shape index (κ2) is 15.3. The molecule has 1 atom stereocenters. The summed E-state index contributed by atoms with van der Waals surface area (Å²) in [6.45, 7) is 8.09. The lowest BCUT2D eigenvalue weighted by atomic mass is 9.97. The van der Waals surface area contributed by atoms with Crippen LogP contribution in [0.25, 0.3) is 0 Å². The Balaban J connectivity index is 2.65. The van der Waals surface area contributed by atoms with E-state index in [1.807, 2.05) is 6.92 Å². The first kappa shape index (κ1) is 26.5. The zero-order valence-electron chi connectivity index (χ0n) is 18.7. The number of rotatable bonds is 12. The molecule has 0 aliphatic heterocycles. The van der Waals surface area contributed by atoms with Gasteiger partial charge in [0, 0.05) is 26.4 Å². The maximum atomic E-state index is 8.97. The van der Waals surface area contributed by atoms with Crippen molar-refractivity contribution in [3.63, 3.8) is 0 Å². The third-order valence-electron chi connectivity index (χ3n) is 5.41. The van der Waals surface area contributed by atoms with E-state index in [9.17, 15) is 0 Å². The summed E-state index contributed by atoms with van der Waals surface area (Å²) in [4.78, 5) is 27.0. The summed E-state index contributed by atoms with van der Waals surface area (Å²) >= 11 is 0. The largest absolute Gasteiger partial charge is 0.351 e. The van der Waals surface area contributed by atoms with Crippen molar-refractivity contribution in [2.45, 2.75) is 109 Å². The Kier molecular flexibility index (Phi) is 14.0. The molecule has 1 N–H and O–H groups in total. The summed E-state index contributed by atoms with van der Waals surface area (Å²) in [7, 11) is 1.46. The highest BCUT2D eigenvalue weighted by molar-refractivity contribution is 4.86. The fourth-order valence-electron chi connectivity index (χ4n) is 3.26. The van der Waals surface area contributed by atoms with Gasteiger partial charge in [-0.25, -0.2) is 19.9 Å². The number of methoxy groups -OCH3 is 1. The average molecular weight is 419 g/mol. The van der Waals surface area contributed by atoms with Gasteiger partial charge < -0.3 is 4.74 Å². The summed E-state index contributed by atoms with van der Waals surface area (Å²) in [5, 5.41) is 8.97. The van der Waals surface area contributed by atoms with Crippen molar-refractivity contribution in [2.24, 2.45) is 0 Å². The monoisotopic (exact) mass is 418 g/mol. The van der Waals surface area contributed by atoms with E-state index in [2.05, 4.69) is 11.5 Å². The summed E-state index contributed by atoms with van der Waals surface area (Å²) < 4.78 is 5.13. The molecular formula is C22H42O7. The molecule has 0 aromatic rings. The summed E-state index contributed by atoms with van der Waals surface area (Å²) in [5.41, 5.74) is 1.04. The highest BCUT2D eigenvalue weighted by atomic mass is 17.3. The molecular weight excluding hydrogens is 376 g/mol. The predicted molar refractivity (Wildman–Crippen MR) is 111 cm³/mol. The van der Waals surface area contributed by atoms with Crippen LogP contribution in [0.5, 0.6) is 0 Å². The van der Waals surface area contributed by atoms with Crippen LogP contribution in [0.2, 0.25) is 0 Å². The van der Waals surface area contributed by atoms with Crippen LogP contribution >= 0.6 is 0 Å². The third-order valence-corrected chi connectivity index (χ3v) is 5.41. The maximum Gasteiger partial charge on any atom is 0.233 e. The molecule has 0 bridgehead atoms. The lowest BCUT2D eigenvalue weighted by Crippen LogP contribution is -2.38. The van der Waals surface area contributed by atoms with Crippen LogP contribution in [0, 0.1) is 0 Å². The highest BCUT2D eigenvalue weighted by Crippen LogP contribution is 2.31. The van der Waals surface area contributed by atoms with Crippen LogP contribution in [0.4, 0.5) is 0 Å². The molecule has 1 rings (SSSR count). The third kappa shape index (κ3) is 12.0. The SMILES string of the molecule is C=C(C)CCOOC1(OOCCC(C)(OC)OO)CCCCCCCCCCC1. The molecule has 1 fully saturated rings. The minimum Gasteiger partial charge on any atom is -0.351 e. The molecule has 0 spiro atoms. The van der Waals surface area contributed by atoms with Crippen LogP contribution in [0.3, 0.4) is 0 Å². The molecule has 0 radical (unpaired) electrons. The predicted octanol–water partition coefficient (Wildman–Crippen LogP) is 6.09. The number of hydrogen-bond donors (Lipinski definition) is 1. The Morgan fingerprint density at radius 1 is 0.897 bits per heavy atom. The topological polar surface area (TPSA) is 75.6 Å². The lowest BCUT2D eigenvalue weighted by Gasteiger charge is -2.32. The molecule has 0 aromatic heterocycles. The van der Waals surface area contributed by atoms with Gasteiger partial charge in [-0.1, -0.05) is 50.5 Å². The van der Waals surface area contributed by atoms with Crippen molar-refractivity contribution in [2.75, 3.05) is 20.3 Å².